The van der Waals surface area contributed by atoms with Crippen LogP contribution in [0.25, 0.3) is 0 Å². The molecule has 0 unspecified atom stereocenters. The number of nitrogens with zero attached hydrogens (tertiary/aromatic N) is 1. The van der Waals surface area contributed by atoms with Gasteiger partial charge in [0.25, 0.3) is 0 Å². The topological polar surface area (TPSA) is 23.8 Å². The highest BCUT2D eigenvalue weighted by atomic mass is 19.1. The predicted octanol–water partition coefficient (Wildman–Crippen LogP) is 9.77. The number of halogens is 1. The van der Waals surface area contributed by atoms with E-state index in [0.29, 0.717) is 5.92 Å². The van der Waals surface area contributed by atoms with E-state index in [-0.39, 0.29) is 0 Å². The van der Waals surface area contributed by atoms with Gasteiger partial charge in [-0.05, 0) is 118 Å². The second-order valence-electron chi connectivity index (χ2n) is 10.7. The highest BCUT2D eigenvalue weighted by Gasteiger charge is 2.29. The number of unbranched alkanes of at least 4 members (excludes halogenated alkanes) is 2. The Kier molecular flexibility index (Phi) is 11.1. The Morgan fingerprint density at radius 3 is 2.26 bits per heavy atom. The van der Waals surface area contributed by atoms with E-state index >= 15 is 0 Å². The lowest BCUT2D eigenvalue weighted by Gasteiger charge is -2.36. The molecule has 0 N–H and O–H groups in total. The minimum absolute atomic E-state index is 0.711. The van der Waals surface area contributed by atoms with Crippen molar-refractivity contribution in [2.45, 2.75) is 103 Å². The molecular weight excluding hydrogens is 417 g/mol. The largest absolute Gasteiger partial charge is 0.199 e. The van der Waals surface area contributed by atoms with E-state index in [1.807, 2.05) is 6.08 Å². The van der Waals surface area contributed by atoms with Crippen LogP contribution in [-0.2, 0) is 6.42 Å². The van der Waals surface area contributed by atoms with Gasteiger partial charge in [-0.15, -0.1) is 0 Å². The maximum Gasteiger partial charge on any atom is 0.199 e. The van der Waals surface area contributed by atoms with Gasteiger partial charge < -0.3 is 0 Å². The van der Waals surface area contributed by atoms with Gasteiger partial charge in [0, 0.05) is 0 Å². The molecule has 0 heterocycles. The fourth-order valence-electron chi connectivity index (χ4n) is 6.11. The van der Waals surface area contributed by atoms with E-state index in [1.54, 1.807) is 17.2 Å². The number of allylic oxidation sites excluding steroid dienone is 5. The maximum absolute atomic E-state index is 12.8. The molecule has 184 valence electrons. The third-order valence-electron chi connectivity index (χ3n) is 8.37. The first-order valence-corrected chi connectivity index (χ1v) is 13.8. The molecule has 1 aromatic carbocycles. The molecule has 0 atom stereocenters. The minimum atomic E-state index is -0.722. The Morgan fingerprint density at radius 1 is 1.00 bits per heavy atom. The zero-order chi connectivity index (χ0) is 24.2. The summed E-state index contributed by atoms with van der Waals surface area (Å²) in [6.07, 6.45) is 22.6. The van der Waals surface area contributed by atoms with Crippen LogP contribution in [0.1, 0.15) is 107 Å². The van der Waals surface area contributed by atoms with Crippen molar-refractivity contribution in [2.24, 2.45) is 17.8 Å². The van der Waals surface area contributed by atoms with Gasteiger partial charge in [0.15, 0.2) is 5.83 Å². The van der Waals surface area contributed by atoms with Crippen molar-refractivity contribution in [3.05, 3.63) is 71.6 Å². The first-order valence-electron chi connectivity index (χ1n) is 13.8. The monoisotopic (exact) mass is 461 g/mol. The van der Waals surface area contributed by atoms with E-state index in [4.69, 9.17) is 5.26 Å². The molecule has 0 radical (unpaired) electrons. The molecule has 0 aromatic heterocycles. The van der Waals surface area contributed by atoms with Crippen molar-refractivity contribution in [2.75, 3.05) is 0 Å². The molecule has 1 nitrogen and oxygen atoms in total. The van der Waals surface area contributed by atoms with Crippen LogP contribution in [0.2, 0.25) is 0 Å². The van der Waals surface area contributed by atoms with Crippen LogP contribution in [0, 0.1) is 29.1 Å². The predicted molar refractivity (Wildman–Crippen MR) is 142 cm³/mol. The third-order valence-corrected chi connectivity index (χ3v) is 8.37. The van der Waals surface area contributed by atoms with Gasteiger partial charge in [-0.2, -0.15) is 9.65 Å². The number of rotatable bonds is 11. The summed E-state index contributed by atoms with van der Waals surface area (Å²) in [6.45, 7) is 6.87. The van der Waals surface area contributed by atoms with E-state index in [9.17, 15) is 4.39 Å². The number of hydrogen-bond acceptors (Lipinski definition) is 1. The van der Waals surface area contributed by atoms with Gasteiger partial charge in [-0.1, -0.05) is 68.3 Å². The molecule has 0 saturated heterocycles. The van der Waals surface area contributed by atoms with Crippen molar-refractivity contribution in [3.8, 4) is 6.07 Å². The summed E-state index contributed by atoms with van der Waals surface area (Å²) < 4.78 is 12.8. The molecule has 2 saturated carbocycles. The summed E-state index contributed by atoms with van der Waals surface area (Å²) >= 11 is 0. The van der Waals surface area contributed by atoms with Gasteiger partial charge in [0.2, 0.25) is 0 Å². The summed E-state index contributed by atoms with van der Waals surface area (Å²) in [4.78, 5) is 0. The van der Waals surface area contributed by atoms with Gasteiger partial charge in [-0.3, -0.25) is 0 Å². The molecule has 2 fully saturated rings. The summed E-state index contributed by atoms with van der Waals surface area (Å²) in [7, 11) is 0. The fourth-order valence-corrected chi connectivity index (χ4v) is 6.11. The summed E-state index contributed by atoms with van der Waals surface area (Å²) in [5.41, 5.74) is 4.58. The van der Waals surface area contributed by atoms with Crippen LogP contribution < -0.4 is 0 Å². The van der Waals surface area contributed by atoms with Gasteiger partial charge in [-0.25, -0.2) is 0 Å². The van der Waals surface area contributed by atoms with Crippen molar-refractivity contribution in [1.82, 2.24) is 0 Å². The van der Waals surface area contributed by atoms with Crippen molar-refractivity contribution >= 4 is 0 Å². The number of hydrogen-bond donors (Lipinski definition) is 0. The minimum Gasteiger partial charge on any atom is -0.195 e. The Labute approximate surface area is 207 Å². The lowest BCUT2D eigenvalue weighted by Crippen LogP contribution is -2.22. The van der Waals surface area contributed by atoms with Crippen LogP contribution in [0.5, 0.6) is 0 Å². The van der Waals surface area contributed by atoms with Crippen LogP contribution in [0.15, 0.2) is 60.5 Å². The molecule has 2 aliphatic rings. The third kappa shape index (κ3) is 8.26. The zero-order valence-electron chi connectivity index (χ0n) is 21.3. The molecule has 2 heteroatoms. The normalized spacial score (nSPS) is 25.9. The summed E-state index contributed by atoms with van der Waals surface area (Å²) in [6, 6.07) is 11.0. The number of benzene rings is 1. The molecule has 0 spiro atoms. The van der Waals surface area contributed by atoms with Gasteiger partial charge >= 0.3 is 0 Å². The molecule has 0 amide bonds. The molecule has 3 rings (SSSR count). The van der Waals surface area contributed by atoms with Gasteiger partial charge in [0.1, 0.15) is 6.07 Å². The van der Waals surface area contributed by atoms with E-state index < -0.39 is 5.83 Å². The average Bonchev–Trinajstić information content (AvgIpc) is 2.89. The fraction of sp³-hybridized carbons (Fsp3) is 0.594. The molecule has 0 bridgehead atoms. The molecular formula is C32H44FN. The summed E-state index contributed by atoms with van der Waals surface area (Å²) in [5, 5.41) is 8.43. The second-order valence-corrected chi connectivity index (χ2v) is 10.7. The Hall–Kier alpha value is -2.14. The highest BCUT2D eigenvalue weighted by Crippen LogP contribution is 2.44. The van der Waals surface area contributed by atoms with Crippen molar-refractivity contribution in [3.63, 3.8) is 0 Å². The van der Waals surface area contributed by atoms with Crippen LogP contribution in [0.4, 0.5) is 4.39 Å². The second kappa shape index (κ2) is 14.3. The summed E-state index contributed by atoms with van der Waals surface area (Å²) in [5.74, 6) is 2.22. The van der Waals surface area contributed by atoms with E-state index in [2.05, 4.69) is 37.8 Å². The van der Waals surface area contributed by atoms with Crippen LogP contribution in [0.3, 0.4) is 0 Å². The lowest BCUT2D eigenvalue weighted by atomic mass is 9.69. The Morgan fingerprint density at radius 2 is 1.65 bits per heavy atom. The quantitative estimate of drug-likeness (QED) is 0.139. The molecule has 1 aromatic rings. The standard InChI is InChI=1S/C32H44FN/c1-3-4-6-9-26-14-18-30(19-15-26)31-22-20-29(21-23-31)25(2)28-16-12-27(13-17-28)10-7-5-8-11-32(33)24-34/h5,8,11,14-15,18-19,27-29,31H,2-4,6-7,9-10,12-13,16-17,20-23H2,1H3/b8-5+,32-11-/t27-,28-,29-,31-. The Bertz CT molecular complexity index is 840. The van der Waals surface area contributed by atoms with E-state index in [1.165, 1.54) is 101 Å². The molecule has 2 aliphatic carbocycles. The SMILES string of the molecule is C=C([C@H]1CC[C@H](CC/C=C/C=C(\F)C#N)CC1)[C@H]1CC[C@H](c2ccc(CCCCC)cc2)CC1. The van der Waals surface area contributed by atoms with Crippen LogP contribution in [-0.4, -0.2) is 0 Å². The number of aryl methyl sites for hydroxylation is 1. The Balaban J connectivity index is 1.36. The van der Waals surface area contributed by atoms with Gasteiger partial charge in [0.05, 0.1) is 0 Å². The highest BCUT2D eigenvalue weighted by molar-refractivity contribution is 5.26. The zero-order valence-corrected chi connectivity index (χ0v) is 21.3. The lowest BCUT2D eigenvalue weighted by molar-refractivity contribution is 0.260. The average molecular weight is 462 g/mol. The van der Waals surface area contributed by atoms with E-state index in [0.717, 1.165) is 24.2 Å². The molecule has 0 aliphatic heterocycles. The maximum atomic E-state index is 12.8. The first kappa shape index (κ1) is 26.5. The smallest absolute Gasteiger partial charge is 0.195 e. The first-order chi connectivity index (χ1) is 16.6. The molecule has 34 heavy (non-hydrogen) atoms. The van der Waals surface area contributed by atoms with Crippen LogP contribution >= 0.6 is 0 Å². The van der Waals surface area contributed by atoms with Crippen molar-refractivity contribution < 1.29 is 4.39 Å². The number of nitriles is 1. The van der Waals surface area contributed by atoms with Crippen molar-refractivity contribution in [1.29, 1.82) is 5.26 Å².